The van der Waals surface area contributed by atoms with Crippen molar-refractivity contribution in [1.82, 2.24) is 20.9 Å². The second-order valence-corrected chi connectivity index (χ2v) is 9.22. The molecule has 0 aliphatic heterocycles. The van der Waals surface area contributed by atoms with E-state index in [0.717, 1.165) is 27.1 Å². The lowest BCUT2D eigenvalue weighted by Crippen LogP contribution is -2.40. The Balaban J connectivity index is 1.38. The van der Waals surface area contributed by atoms with Gasteiger partial charge in [-0.1, -0.05) is 84.9 Å². The maximum Gasteiger partial charge on any atom is 0.272 e. The molecule has 194 valence electrons. The van der Waals surface area contributed by atoms with E-state index in [4.69, 9.17) is 0 Å². The monoisotopic (exact) mass is 525 g/mol. The van der Waals surface area contributed by atoms with Gasteiger partial charge in [0, 0.05) is 16.5 Å². The maximum atomic E-state index is 13.6. The number of amides is 2. The number of hydrazone groups is 1. The van der Waals surface area contributed by atoms with Gasteiger partial charge in [-0.3, -0.25) is 14.4 Å². The molecule has 0 bridgehead atoms. The van der Waals surface area contributed by atoms with Crippen molar-refractivity contribution in [3.63, 3.8) is 0 Å². The van der Waals surface area contributed by atoms with E-state index in [-0.39, 0.29) is 5.69 Å². The molecule has 0 saturated carbocycles. The summed E-state index contributed by atoms with van der Waals surface area (Å²) in [5.41, 5.74) is 3.61. The first-order valence-electron chi connectivity index (χ1n) is 12.7. The van der Waals surface area contributed by atoms with Gasteiger partial charge in [0.15, 0.2) is 6.04 Å². The first kappa shape index (κ1) is 24.7. The van der Waals surface area contributed by atoms with Crippen LogP contribution in [0, 0.1) is 0 Å². The third-order valence-corrected chi connectivity index (χ3v) is 6.75. The van der Waals surface area contributed by atoms with Crippen molar-refractivity contribution in [1.29, 1.82) is 0 Å². The van der Waals surface area contributed by atoms with E-state index >= 15 is 0 Å². The van der Waals surface area contributed by atoms with Gasteiger partial charge in [-0.25, -0.2) is 10.5 Å². The summed E-state index contributed by atoms with van der Waals surface area (Å²) in [7, 11) is 0. The number of fused-ring (bicyclic) bond motifs is 3. The first-order chi connectivity index (χ1) is 19.6. The van der Waals surface area contributed by atoms with Crippen LogP contribution < -0.4 is 16.3 Å². The molecule has 1 heterocycles. The summed E-state index contributed by atoms with van der Waals surface area (Å²) in [6.45, 7) is 0. The third kappa shape index (κ3) is 4.69. The largest absolute Gasteiger partial charge is 0.335 e. The standard InChI is InChI=1S/C32H23N5O3/c38-30(20-10-2-1-3-11-20)34-29(28-25-16-8-9-17-26(25)31(39)37-35-28)32(40)36-33-19-27-23-14-6-4-12-21(23)18-22-13-5-7-15-24(22)27/h1-19,29H,(H,34,38)(H,36,40)(H,37,39)/t29-/m0/s1. The molecule has 1 atom stereocenters. The number of rotatable bonds is 6. The molecule has 0 radical (unpaired) electrons. The van der Waals surface area contributed by atoms with E-state index in [1.807, 2.05) is 48.5 Å². The fourth-order valence-electron chi connectivity index (χ4n) is 4.83. The molecule has 6 aromatic rings. The highest BCUT2D eigenvalue weighted by Crippen LogP contribution is 2.27. The molecule has 40 heavy (non-hydrogen) atoms. The van der Waals surface area contributed by atoms with E-state index in [1.54, 1.807) is 60.8 Å². The summed E-state index contributed by atoms with van der Waals surface area (Å²) in [5, 5.41) is 18.5. The molecule has 2 amide bonds. The van der Waals surface area contributed by atoms with Crippen molar-refractivity contribution in [3.05, 3.63) is 136 Å². The van der Waals surface area contributed by atoms with Crippen molar-refractivity contribution in [2.45, 2.75) is 6.04 Å². The average Bonchev–Trinajstić information content (AvgIpc) is 3.00. The summed E-state index contributed by atoms with van der Waals surface area (Å²) >= 11 is 0. The summed E-state index contributed by atoms with van der Waals surface area (Å²) in [6.07, 6.45) is 1.61. The van der Waals surface area contributed by atoms with Crippen LogP contribution in [-0.2, 0) is 4.79 Å². The Hall–Kier alpha value is -5.63. The molecule has 8 nitrogen and oxygen atoms in total. The van der Waals surface area contributed by atoms with E-state index in [0.29, 0.717) is 16.3 Å². The van der Waals surface area contributed by atoms with Crippen molar-refractivity contribution in [2.75, 3.05) is 0 Å². The number of aromatic nitrogens is 2. The third-order valence-electron chi connectivity index (χ3n) is 6.75. The van der Waals surface area contributed by atoms with E-state index in [2.05, 4.69) is 32.1 Å². The quantitative estimate of drug-likeness (QED) is 0.164. The van der Waals surface area contributed by atoms with Crippen LogP contribution in [0.15, 0.2) is 119 Å². The number of hydrogen-bond acceptors (Lipinski definition) is 5. The number of benzene rings is 5. The molecule has 0 unspecified atom stereocenters. The van der Waals surface area contributed by atoms with Crippen LogP contribution >= 0.6 is 0 Å². The zero-order valence-corrected chi connectivity index (χ0v) is 21.2. The van der Waals surface area contributed by atoms with E-state index in [1.165, 1.54) is 0 Å². The highest BCUT2D eigenvalue weighted by atomic mass is 16.2. The van der Waals surface area contributed by atoms with Crippen molar-refractivity contribution >= 4 is 50.3 Å². The topological polar surface area (TPSA) is 116 Å². The molecule has 0 aliphatic carbocycles. The minimum atomic E-state index is -1.24. The zero-order valence-electron chi connectivity index (χ0n) is 21.2. The van der Waals surface area contributed by atoms with Gasteiger partial charge < -0.3 is 5.32 Å². The van der Waals surface area contributed by atoms with Crippen LogP contribution in [0.5, 0.6) is 0 Å². The van der Waals surface area contributed by atoms with Crippen LogP contribution in [0.1, 0.15) is 27.7 Å². The molecule has 6 rings (SSSR count). The first-order valence-corrected chi connectivity index (χ1v) is 12.7. The van der Waals surface area contributed by atoms with Crippen molar-refractivity contribution in [2.24, 2.45) is 5.10 Å². The second-order valence-electron chi connectivity index (χ2n) is 9.22. The van der Waals surface area contributed by atoms with Gasteiger partial charge in [0.2, 0.25) is 0 Å². The highest BCUT2D eigenvalue weighted by molar-refractivity contribution is 6.13. The van der Waals surface area contributed by atoms with Crippen molar-refractivity contribution in [3.8, 4) is 0 Å². The van der Waals surface area contributed by atoms with E-state index < -0.39 is 23.4 Å². The molecular formula is C32H23N5O3. The Bertz CT molecular complexity index is 1930. The Morgan fingerprint density at radius 1 is 0.750 bits per heavy atom. The van der Waals surface area contributed by atoms with Crippen LogP contribution in [-0.4, -0.2) is 28.2 Å². The molecule has 0 saturated heterocycles. The SMILES string of the molecule is O=C(N[C@H](C(=O)NN=Cc1c2ccccc2cc2ccccc12)c1n[nH]c(=O)c2ccccc12)c1ccccc1. The van der Waals surface area contributed by atoms with Gasteiger partial charge >= 0.3 is 0 Å². The predicted octanol–water partition coefficient (Wildman–Crippen LogP) is 4.85. The van der Waals surface area contributed by atoms with Crippen LogP contribution in [0.4, 0.5) is 0 Å². The van der Waals surface area contributed by atoms with Gasteiger partial charge in [-0.15, -0.1) is 0 Å². The Morgan fingerprint density at radius 3 is 2.00 bits per heavy atom. The van der Waals surface area contributed by atoms with Crippen molar-refractivity contribution < 1.29 is 9.59 Å². The average molecular weight is 526 g/mol. The lowest BCUT2D eigenvalue weighted by molar-refractivity contribution is -0.123. The number of hydrogen-bond donors (Lipinski definition) is 3. The molecule has 0 spiro atoms. The molecule has 8 heteroatoms. The highest BCUT2D eigenvalue weighted by Gasteiger charge is 2.27. The maximum absolute atomic E-state index is 13.6. The minimum Gasteiger partial charge on any atom is -0.335 e. The van der Waals surface area contributed by atoms with Gasteiger partial charge in [0.25, 0.3) is 17.4 Å². The molecular weight excluding hydrogens is 502 g/mol. The second kappa shape index (κ2) is 10.6. The Labute approximate surface area is 228 Å². The van der Waals surface area contributed by atoms with Crippen LogP contribution in [0.3, 0.4) is 0 Å². The molecule has 0 aliphatic rings. The van der Waals surface area contributed by atoms with Gasteiger partial charge in [-0.05, 0) is 45.8 Å². The number of H-pyrrole nitrogens is 1. The number of nitrogens with one attached hydrogen (secondary N) is 3. The smallest absolute Gasteiger partial charge is 0.272 e. The molecule has 3 N–H and O–H groups in total. The zero-order chi connectivity index (χ0) is 27.5. The molecule has 1 aromatic heterocycles. The summed E-state index contributed by atoms with van der Waals surface area (Å²) < 4.78 is 0. The Kier molecular flexibility index (Phi) is 6.56. The number of aromatic amines is 1. The minimum absolute atomic E-state index is 0.197. The normalized spacial score (nSPS) is 12.1. The van der Waals surface area contributed by atoms with Crippen LogP contribution in [0.25, 0.3) is 32.3 Å². The van der Waals surface area contributed by atoms with Gasteiger partial charge in [0.1, 0.15) is 5.69 Å². The summed E-state index contributed by atoms with van der Waals surface area (Å²) in [6, 6.07) is 32.1. The van der Waals surface area contributed by atoms with Gasteiger partial charge in [-0.2, -0.15) is 10.2 Å². The fraction of sp³-hybridized carbons (Fsp3) is 0.0312. The summed E-state index contributed by atoms with van der Waals surface area (Å²) in [5.74, 6) is -1.09. The number of carbonyl (C=O) groups excluding carboxylic acids is 2. The van der Waals surface area contributed by atoms with E-state index in [9.17, 15) is 14.4 Å². The number of carbonyl (C=O) groups is 2. The van der Waals surface area contributed by atoms with Gasteiger partial charge in [0.05, 0.1) is 11.6 Å². The Morgan fingerprint density at radius 2 is 1.32 bits per heavy atom. The van der Waals surface area contributed by atoms with Crippen LogP contribution in [0.2, 0.25) is 0 Å². The predicted molar refractivity (Wildman–Crippen MR) is 156 cm³/mol. The molecule has 0 fully saturated rings. The molecule has 5 aromatic carbocycles. The number of nitrogens with zero attached hydrogens (tertiary/aromatic N) is 2. The fourth-order valence-corrected chi connectivity index (χ4v) is 4.83. The lowest BCUT2D eigenvalue weighted by atomic mass is 9.97. The summed E-state index contributed by atoms with van der Waals surface area (Å²) in [4.78, 5) is 39.1. The lowest BCUT2D eigenvalue weighted by Gasteiger charge is -2.18.